The highest BCUT2D eigenvalue weighted by molar-refractivity contribution is 5.85. The number of likely N-dealkylation sites (N-methyl/N-ethyl adjacent to an activating group) is 1. The number of likely N-dealkylation sites (tertiary alicyclic amines) is 1. The van der Waals surface area contributed by atoms with Crippen LogP contribution in [0.1, 0.15) is 18.9 Å². The lowest BCUT2D eigenvalue weighted by atomic mass is 9.89. The summed E-state index contributed by atoms with van der Waals surface area (Å²) in [4.78, 5) is 16.9. The summed E-state index contributed by atoms with van der Waals surface area (Å²) >= 11 is 0. The van der Waals surface area contributed by atoms with Crippen molar-refractivity contribution in [1.29, 1.82) is 0 Å². The molecule has 1 aromatic rings. The Hall–Kier alpha value is -1.10. The number of benzene rings is 1. The van der Waals surface area contributed by atoms with E-state index in [0.29, 0.717) is 6.54 Å². The summed E-state index contributed by atoms with van der Waals surface area (Å²) in [5, 5.41) is 3.48. The number of nitrogens with zero attached hydrogens (tertiary/aromatic N) is 2. The molecule has 2 atom stereocenters. The molecule has 2 fully saturated rings. The number of piperidine rings is 1. The zero-order chi connectivity index (χ0) is 15.4. The minimum absolute atomic E-state index is 0. The van der Waals surface area contributed by atoms with Gasteiger partial charge in [-0.1, -0.05) is 30.3 Å². The summed E-state index contributed by atoms with van der Waals surface area (Å²) in [6.45, 7) is 8.56. The molecule has 1 amide bonds. The SMILES string of the molecule is CCN(Cc1ccccc1)C(=O)CN1CCC2CNCC2C1.Cl. The van der Waals surface area contributed by atoms with Crippen LogP contribution in [0.2, 0.25) is 0 Å². The molecule has 0 aliphatic carbocycles. The summed E-state index contributed by atoms with van der Waals surface area (Å²) in [5.41, 5.74) is 1.21. The van der Waals surface area contributed by atoms with Crippen LogP contribution in [0.3, 0.4) is 0 Å². The third-order valence-corrected chi connectivity index (χ3v) is 5.10. The molecule has 128 valence electrons. The molecule has 3 rings (SSSR count). The minimum Gasteiger partial charge on any atom is -0.338 e. The van der Waals surface area contributed by atoms with Gasteiger partial charge in [0, 0.05) is 19.6 Å². The van der Waals surface area contributed by atoms with E-state index in [1.807, 2.05) is 23.1 Å². The van der Waals surface area contributed by atoms with Gasteiger partial charge in [0.1, 0.15) is 0 Å². The van der Waals surface area contributed by atoms with Crippen LogP contribution in [0.4, 0.5) is 0 Å². The average molecular weight is 338 g/mol. The fourth-order valence-electron chi connectivity index (χ4n) is 3.73. The molecule has 2 unspecified atom stereocenters. The Bertz CT molecular complexity index is 496. The number of carbonyl (C=O) groups is 1. The number of amides is 1. The van der Waals surface area contributed by atoms with Crippen LogP contribution in [-0.4, -0.2) is 55.0 Å². The molecule has 1 aromatic carbocycles. The molecule has 1 N–H and O–H groups in total. The average Bonchev–Trinajstić information content (AvgIpc) is 3.01. The number of nitrogens with one attached hydrogen (secondary N) is 1. The molecule has 0 radical (unpaired) electrons. The molecule has 0 aromatic heterocycles. The number of halogens is 1. The van der Waals surface area contributed by atoms with Crippen molar-refractivity contribution in [2.24, 2.45) is 11.8 Å². The molecular formula is C18H28ClN3O. The fraction of sp³-hybridized carbons (Fsp3) is 0.611. The minimum atomic E-state index is 0. The summed E-state index contributed by atoms with van der Waals surface area (Å²) < 4.78 is 0. The molecule has 0 spiro atoms. The maximum absolute atomic E-state index is 12.6. The second-order valence-corrected chi connectivity index (χ2v) is 6.60. The van der Waals surface area contributed by atoms with E-state index in [9.17, 15) is 4.79 Å². The monoisotopic (exact) mass is 337 g/mol. The molecule has 23 heavy (non-hydrogen) atoms. The largest absolute Gasteiger partial charge is 0.338 e. The summed E-state index contributed by atoms with van der Waals surface area (Å²) in [5.74, 6) is 1.83. The van der Waals surface area contributed by atoms with E-state index in [0.717, 1.165) is 44.6 Å². The second kappa shape index (κ2) is 8.67. The number of rotatable bonds is 5. The van der Waals surface area contributed by atoms with Gasteiger partial charge in [-0.3, -0.25) is 9.69 Å². The van der Waals surface area contributed by atoms with E-state index in [1.54, 1.807) is 0 Å². The first-order chi connectivity index (χ1) is 10.8. The van der Waals surface area contributed by atoms with Crippen molar-refractivity contribution in [3.05, 3.63) is 35.9 Å². The van der Waals surface area contributed by atoms with Crippen LogP contribution in [0.25, 0.3) is 0 Å². The van der Waals surface area contributed by atoms with Gasteiger partial charge >= 0.3 is 0 Å². The quantitative estimate of drug-likeness (QED) is 0.892. The third-order valence-electron chi connectivity index (χ3n) is 5.10. The number of fused-ring (bicyclic) bond motifs is 1. The van der Waals surface area contributed by atoms with Crippen LogP contribution in [0, 0.1) is 11.8 Å². The van der Waals surface area contributed by atoms with Gasteiger partial charge in [0.2, 0.25) is 5.91 Å². The van der Waals surface area contributed by atoms with Crippen LogP contribution < -0.4 is 5.32 Å². The standard InChI is InChI=1S/C18H27N3O.ClH/c1-2-21(12-15-6-4-3-5-7-15)18(22)14-20-9-8-16-10-19-11-17(16)13-20;/h3-7,16-17,19H,2,8-14H2,1H3;1H. The van der Waals surface area contributed by atoms with Gasteiger partial charge < -0.3 is 10.2 Å². The van der Waals surface area contributed by atoms with Crippen LogP contribution in [-0.2, 0) is 11.3 Å². The topological polar surface area (TPSA) is 35.6 Å². The molecule has 0 saturated carbocycles. The maximum Gasteiger partial charge on any atom is 0.237 e. The van der Waals surface area contributed by atoms with E-state index in [4.69, 9.17) is 0 Å². The molecule has 2 aliphatic heterocycles. The Morgan fingerprint density at radius 3 is 2.74 bits per heavy atom. The Labute approximate surface area is 145 Å². The van der Waals surface area contributed by atoms with Gasteiger partial charge in [0.25, 0.3) is 0 Å². The van der Waals surface area contributed by atoms with Gasteiger partial charge in [-0.05, 0) is 50.4 Å². The maximum atomic E-state index is 12.6. The third kappa shape index (κ3) is 4.69. The molecular weight excluding hydrogens is 310 g/mol. The van der Waals surface area contributed by atoms with E-state index >= 15 is 0 Å². The lowest BCUT2D eigenvalue weighted by Gasteiger charge is -2.35. The van der Waals surface area contributed by atoms with E-state index in [1.165, 1.54) is 18.5 Å². The molecule has 0 bridgehead atoms. The Morgan fingerprint density at radius 1 is 1.26 bits per heavy atom. The predicted octanol–water partition coefficient (Wildman–Crippen LogP) is 2.00. The zero-order valence-corrected chi connectivity index (χ0v) is 14.7. The first-order valence-corrected chi connectivity index (χ1v) is 8.51. The van der Waals surface area contributed by atoms with E-state index < -0.39 is 0 Å². The van der Waals surface area contributed by atoms with E-state index in [-0.39, 0.29) is 18.3 Å². The van der Waals surface area contributed by atoms with Crippen molar-refractivity contribution >= 4 is 18.3 Å². The number of hydrogen-bond acceptors (Lipinski definition) is 3. The van der Waals surface area contributed by atoms with Crippen molar-refractivity contribution < 1.29 is 4.79 Å². The number of hydrogen-bond donors (Lipinski definition) is 1. The predicted molar refractivity (Wildman–Crippen MR) is 95.7 cm³/mol. The Morgan fingerprint density at radius 2 is 2.00 bits per heavy atom. The Balaban J connectivity index is 0.00000192. The normalized spacial score (nSPS) is 23.9. The number of carbonyl (C=O) groups excluding carboxylic acids is 1. The highest BCUT2D eigenvalue weighted by Crippen LogP contribution is 2.26. The second-order valence-electron chi connectivity index (χ2n) is 6.60. The first kappa shape index (κ1) is 18.2. The summed E-state index contributed by atoms with van der Waals surface area (Å²) in [6.07, 6.45) is 1.23. The van der Waals surface area contributed by atoms with Crippen molar-refractivity contribution in [1.82, 2.24) is 15.1 Å². The van der Waals surface area contributed by atoms with Gasteiger partial charge in [-0.15, -0.1) is 12.4 Å². The van der Waals surface area contributed by atoms with Gasteiger partial charge in [-0.25, -0.2) is 0 Å². The van der Waals surface area contributed by atoms with Crippen LogP contribution >= 0.6 is 12.4 Å². The van der Waals surface area contributed by atoms with Crippen molar-refractivity contribution in [3.8, 4) is 0 Å². The lowest BCUT2D eigenvalue weighted by molar-refractivity contribution is -0.133. The fourth-order valence-corrected chi connectivity index (χ4v) is 3.73. The molecule has 2 heterocycles. The zero-order valence-electron chi connectivity index (χ0n) is 13.9. The first-order valence-electron chi connectivity index (χ1n) is 8.51. The van der Waals surface area contributed by atoms with Gasteiger partial charge in [-0.2, -0.15) is 0 Å². The summed E-state index contributed by atoms with van der Waals surface area (Å²) in [7, 11) is 0. The van der Waals surface area contributed by atoms with Crippen molar-refractivity contribution in [2.75, 3.05) is 39.3 Å². The van der Waals surface area contributed by atoms with Gasteiger partial charge in [0.05, 0.1) is 6.54 Å². The highest BCUT2D eigenvalue weighted by Gasteiger charge is 2.33. The van der Waals surface area contributed by atoms with E-state index in [2.05, 4.69) is 29.3 Å². The summed E-state index contributed by atoms with van der Waals surface area (Å²) in [6, 6.07) is 10.3. The van der Waals surface area contributed by atoms with Crippen molar-refractivity contribution in [2.45, 2.75) is 19.9 Å². The Kier molecular flexibility index (Phi) is 6.88. The lowest BCUT2D eigenvalue weighted by Crippen LogP contribution is -2.46. The smallest absolute Gasteiger partial charge is 0.237 e. The van der Waals surface area contributed by atoms with Gasteiger partial charge in [0.15, 0.2) is 0 Å². The van der Waals surface area contributed by atoms with Crippen molar-refractivity contribution in [3.63, 3.8) is 0 Å². The molecule has 2 aliphatic rings. The van der Waals surface area contributed by atoms with Crippen LogP contribution in [0.5, 0.6) is 0 Å². The molecule has 5 heteroatoms. The van der Waals surface area contributed by atoms with Crippen LogP contribution in [0.15, 0.2) is 30.3 Å². The molecule has 2 saturated heterocycles. The highest BCUT2D eigenvalue weighted by atomic mass is 35.5. The molecule has 4 nitrogen and oxygen atoms in total.